The highest BCUT2D eigenvalue weighted by molar-refractivity contribution is 6.30. The van der Waals surface area contributed by atoms with E-state index in [1.54, 1.807) is 0 Å². The van der Waals surface area contributed by atoms with Crippen LogP contribution < -0.4 is 4.90 Å². The molecular weight excluding hydrogens is 282 g/mol. The van der Waals surface area contributed by atoms with Gasteiger partial charge in [0.05, 0.1) is 0 Å². The number of rotatable bonds is 3. The summed E-state index contributed by atoms with van der Waals surface area (Å²) in [6.07, 6.45) is 2.23. The molecule has 3 heteroatoms. The average Bonchev–Trinajstić information content (AvgIpc) is 2.82. The fraction of sp³-hybridized carbons (Fsp3) is 0.278. The van der Waals surface area contributed by atoms with Crippen molar-refractivity contribution in [1.29, 1.82) is 0 Å². The molecule has 1 heterocycles. The normalized spacial score (nSPS) is 16.9. The molecule has 1 aliphatic rings. The number of nitrogens with zero attached hydrogens (tertiary/aromatic N) is 1. The minimum absolute atomic E-state index is 0.197. The van der Waals surface area contributed by atoms with Crippen LogP contribution in [0.25, 0.3) is 0 Å². The molecular formula is C18H18ClNO. The van der Waals surface area contributed by atoms with Crippen LogP contribution in [0.3, 0.4) is 0 Å². The number of carbonyl (C=O) groups excluding carboxylic acids is 1. The van der Waals surface area contributed by atoms with E-state index in [-0.39, 0.29) is 11.9 Å². The van der Waals surface area contributed by atoms with Crippen LogP contribution >= 0.6 is 11.6 Å². The maximum Gasteiger partial charge on any atom is 0.227 e. The molecule has 1 unspecified atom stereocenters. The van der Waals surface area contributed by atoms with E-state index in [1.807, 2.05) is 47.4 Å². The summed E-state index contributed by atoms with van der Waals surface area (Å²) in [5.74, 6) is 0.197. The zero-order valence-corrected chi connectivity index (χ0v) is 12.8. The molecule has 1 amide bonds. The second-order valence-corrected chi connectivity index (χ2v) is 6.01. The fourth-order valence-corrected chi connectivity index (χ4v) is 3.09. The van der Waals surface area contributed by atoms with Crippen LogP contribution in [0.4, 0.5) is 5.69 Å². The topological polar surface area (TPSA) is 20.3 Å². The Labute approximate surface area is 130 Å². The van der Waals surface area contributed by atoms with Gasteiger partial charge in [-0.15, -0.1) is 0 Å². The highest BCUT2D eigenvalue weighted by Crippen LogP contribution is 2.32. The van der Waals surface area contributed by atoms with Crippen molar-refractivity contribution in [3.05, 3.63) is 64.7 Å². The number of benzene rings is 2. The second-order valence-electron chi connectivity index (χ2n) is 5.57. The average molecular weight is 300 g/mol. The Bertz CT molecular complexity index is 651. The molecule has 21 heavy (non-hydrogen) atoms. The van der Waals surface area contributed by atoms with Crippen molar-refractivity contribution in [2.75, 3.05) is 4.90 Å². The van der Waals surface area contributed by atoms with Gasteiger partial charge in [-0.3, -0.25) is 4.79 Å². The van der Waals surface area contributed by atoms with E-state index in [4.69, 9.17) is 11.6 Å². The lowest BCUT2D eigenvalue weighted by Crippen LogP contribution is -2.35. The Hall–Kier alpha value is -1.80. The molecule has 2 aromatic rings. The summed E-state index contributed by atoms with van der Waals surface area (Å²) < 4.78 is 0. The van der Waals surface area contributed by atoms with Crippen molar-refractivity contribution in [3.63, 3.8) is 0 Å². The first-order valence-corrected chi connectivity index (χ1v) is 7.67. The lowest BCUT2D eigenvalue weighted by Gasteiger charge is -2.22. The van der Waals surface area contributed by atoms with Gasteiger partial charge < -0.3 is 4.90 Å². The quantitative estimate of drug-likeness (QED) is 0.829. The number of hydrogen-bond acceptors (Lipinski definition) is 1. The van der Waals surface area contributed by atoms with Crippen LogP contribution in [0.1, 0.15) is 24.5 Å². The van der Waals surface area contributed by atoms with Gasteiger partial charge in [0, 0.05) is 23.2 Å². The van der Waals surface area contributed by atoms with E-state index in [1.165, 1.54) is 5.56 Å². The zero-order valence-electron chi connectivity index (χ0n) is 12.1. The maximum absolute atomic E-state index is 12.6. The third kappa shape index (κ3) is 2.96. The SMILES string of the molecule is CC1Cc2ccccc2N1C(=O)CCc1ccc(Cl)cc1. The van der Waals surface area contributed by atoms with E-state index < -0.39 is 0 Å². The van der Waals surface area contributed by atoms with Gasteiger partial charge in [0.25, 0.3) is 0 Å². The monoisotopic (exact) mass is 299 g/mol. The van der Waals surface area contributed by atoms with Crippen LogP contribution in [-0.2, 0) is 17.6 Å². The molecule has 2 aromatic carbocycles. The van der Waals surface area contributed by atoms with Crippen molar-refractivity contribution in [2.24, 2.45) is 0 Å². The van der Waals surface area contributed by atoms with Gasteiger partial charge in [-0.2, -0.15) is 0 Å². The standard InChI is InChI=1S/C18H18ClNO/c1-13-12-15-4-2-3-5-17(15)20(13)18(21)11-8-14-6-9-16(19)10-7-14/h2-7,9-10,13H,8,11-12H2,1H3. The summed E-state index contributed by atoms with van der Waals surface area (Å²) in [6.45, 7) is 2.11. The highest BCUT2D eigenvalue weighted by Gasteiger charge is 2.29. The van der Waals surface area contributed by atoms with Gasteiger partial charge in [-0.05, 0) is 49.1 Å². The lowest BCUT2D eigenvalue weighted by atomic mass is 10.1. The van der Waals surface area contributed by atoms with Gasteiger partial charge in [0.1, 0.15) is 0 Å². The van der Waals surface area contributed by atoms with Crippen molar-refractivity contribution in [3.8, 4) is 0 Å². The summed E-state index contributed by atoms with van der Waals surface area (Å²) in [5.41, 5.74) is 3.49. The molecule has 108 valence electrons. The lowest BCUT2D eigenvalue weighted by molar-refractivity contribution is -0.118. The Morgan fingerprint density at radius 1 is 1.19 bits per heavy atom. The van der Waals surface area contributed by atoms with Crippen LogP contribution in [-0.4, -0.2) is 11.9 Å². The number of carbonyl (C=O) groups is 1. The largest absolute Gasteiger partial charge is 0.309 e. The first kappa shape index (κ1) is 14.2. The van der Waals surface area contributed by atoms with Crippen LogP contribution in [0.5, 0.6) is 0 Å². The van der Waals surface area contributed by atoms with E-state index in [2.05, 4.69) is 13.0 Å². The van der Waals surface area contributed by atoms with Gasteiger partial charge in [0.2, 0.25) is 5.91 Å². The third-order valence-electron chi connectivity index (χ3n) is 4.02. The minimum atomic E-state index is 0.197. The van der Waals surface area contributed by atoms with Crippen molar-refractivity contribution in [1.82, 2.24) is 0 Å². The van der Waals surface area contributed by atoms with E-state index in [0.717, 1.165) is 29.1 Å². The molecule has 0 fully saturated rings. The number of hydrogen-bond donors (Lipinski definition) is 0. The van der Waals surface area contributed by atoms with E-state index >= 15 is 0 Å². The van der Waals surface area contributed by atoms with Crippen LogP contribution in [0.15, 0.2) is 48.5 Å². The molecule has 0 aromatic heterocycles. The number of halogens is 1. The Morgan fingerprint density at radius 2 is 1.90 bits per heavy atom. The Morgan fingerprint density at radius 3 is 2.67 bits per heavy atom. The molecule has 3 rings (SSSR count). The predicted molar refractivity (Wildman–Crippen MR) is 86.9 cm³/mol. The highest BCUT2D eigenvalue weighted by atomic mass is 35.5. The van der Waals surface area contributed by atoms with Crippen LogP contribution in [0.2, 0.25) is 5.02 Å². The molecule has 0 saturated carbocycles. The van der Waals surface area contributed by atoms with Gasteiger partial charge in [0.15, 0.2) is 0 Å². The maximum atomic E-state index is 12.6. The van der Waals surface area contributed by atoms with Crippen molar-refractivity contribution in [2.45, 2.75) is 32.2 Å². The Kier molecular flexibility index (Phi) is 3.98. The first-order chi connectivity index (χ1) is 10.1. The van der Waals surface area contributed by atoms with Gasteiger partial charge in [-0.1, -0.05) is 41.9 Å². The molecule has 0 spiro atoms. The van der Waals surface area contributed by atoms with E-state index in [9.17, 15) is 4.79 Å². The summed E-state index contributed by atoms with van der Waals surface area (Å²) in [7, 11) is 0. The van der Waals surface area contributed by atoms with Crippen LogP contribution in [0, 0.1) is 0 Å². The number of para-hydroxylation sites is 1. The third-order valence-corrected chi connectivity index (χ3v) is 4.27. The summed E-state index contributed by atoms with van der Waals surface area (Å²) in [4.78, 5) is 14.5. The number of fused-ring (bicyclic) bond motifs is 1. The number of amides is 1. The molecule has 0 aliphatic carbocycles. The summed E-state index contributed by atoms with van der Waals surface area (Å²) >= 11 is 5.88. The smallest absolute Gasteiger partial charge is 0.227 e. The molecule has 0 radical (unpaired) electrons. The first-order valence-electron chi connectivity index (χ1n) is 7.29. The molecule has 0 bridgehead atoms. The van der Waals surface area contributed by atoms with E-state index in [0.29, 0.717) is 6.42 Å². The predicted octanol–water partition coefficient (Wildman–Crippen LogP) is 4.25. The summed E-state index contributed by atoms with van der Waals surface area (Å²) in [6, 6.07) is 16.1. The number of aryl methyl sites for hydroxylation is 1. The molecule has 1 aliphatic heterocycles. The number of anilines is 1. The second kappa shape index (κ2) is 5.90. The molecule has 0 saturated heterocycles. The molecule has 2 nitrogen and oxygen atoms in total. The minimum Gasteiger partial charge on any atom is -0.309 e. The zero-order chi connectivity index (χ0) is 14.8. The van der Waals surface area contributed by atoms with Crippen molar-refractivity contribution < 1.29 is 4.79 Å². The molecule has 0 N–H and O–H groups in total. The fourth-order valence-electron chi connectivity index (χ4n) is 2.97. The Balaban J connectivity index is 1.70. The van der Waals surface area contributed by atoms with Crippen molar-refractivity contribution >= 4 is 23.2 Å². The molecule has 1 atom stereocenters. The van der Waals surface area contributed by atoms with Gasteiger partial charge >= 0.3 is 0 Å². The van der Waals surface area contributed by atoms with Gasteiger partial charge in [-0.25, -0.2) is 0 Å². The summed E-state index contributed by atoms with van der Waals surface area (Å²) in [5, 5.41) is 0.729.